The van der Waals surface area contributed by atoms with Crippen molar-refractivity contribution in [1.82, 2.24) is 0 Å². The molecule has 3 heteroatoms. The number of aliphatic hydroxyl groups excluding tert-OH is 1. The maximum atomic E-state index is 8.53. The van der Waals surface area contributed by atoms with E-state index in [-0.39, 0.29) is 6.61 Å². The van der Waals surface area contributed by atoms with Crippen LogP contribution < -0.4 is 10.5 Å². The fraction of sp³-hybridized carbons (Fsp3) is 0.333. The lowest BCUT2D eigenvalue weighted by Crippen LogP contribution is -1.87. The molecule has 0 spiro atoms. The summed E-state index contributed by atoms with van der Waals surface area (Å²) in [6.07, 6.45) is 1.85. The Bertz CT molecular complexity index is 441. The van der Waals surface area contributed by atoms with Gasteiger partial charge in [0, 0.05) is 12.3 Å². The molecule has 116 valence electrons. The molecule has 0 heterocycles. The first-order valence-corrected chi connectivity index (χ1v) is 7.30. The molecule has 0 atom stereocenters. The lowest BCUT2D eigenvalue weighted by atomic mass is 10.1. The summed E-state index contributed by atoms with van der Waals surface area (Å²) in [6, 6.07) is 17.5. The van der Waals surface area contributed by atoms with Crippen LogP contribution in [0.4, 0.5) is 5.69 Å². The first kappa shape index (κ1) is 19.0. The average Bonchev–Trinajstić information content (AvgIpc) is 2.57. The van der Waals surface area contributed by atoms with Gasteiger partial charge in [-0.1, -0.05) is 44.2 Å². The van der Waals surface area contributed by atoms with E-state index in [0.29, 0.717) is 0 Å². The van der Waals surface area contributed by atoms with Crippen molar-refractivity contribution in [3.8, 4) is 5.75 Å². The van der Waals surface area contributed by atoms with Gasteiger partial charge < -0.3 is 15.6 Å². The van der Waals surface area contributed by atoms with E-state index in [4.69, 9.17) is 15.6 Å². The van der Waals surface area contributed by atoms with Crippen molar-refractivity contribution >= 4 is 5.69 Å². The molecule has 0 unspecified atom stereocenters. The number of ether oxygens (including phenoxy) is 1. The summed E-state index contributed by atoms with van der Waals surface area (Å²) in [4.78, 5) is 0. The number of hydrogen-bond donors (Lipinski definition) is 2. The normalized spacial score (nSPS) is 8.76. The third-order valence-corrected chi connectivity index (χ3v) is 2.58. The van der Waals surface area contributed by atoms with E-state index in [1.54, 1.807) is 19.2 Å². The highest BCUT2D eigenvalue weighted by Gasteiger charge is 1.88. The Kier molecular flexibility index (Phi) is 11.8. The molecule has 0 saturated carbocycles. The number of aryl methyl sites for hydroxylation is 1. The number of hydrogen-bond acceptors (Lipinski definition) is 3. The van der Waals surface area contributed by atoms with Gasteiger partial charge >= 0.3 is 0 Å². The monoisotopic (exact) mass is 289 g/mol. The second-order valence-corrected chi connectivity index (χ2v) is 4.09. The van der Waals surface area contributed by atoms with Crippen LogP contribution in [0.1, 0.15) is 25.8 Å². The third-order valence-electron chi connectivity index (χ3n) is 2.58. The van der Waals surface area contributed by atoms with Gasteiger partial charge in [0.05, 0.1) is 7.11 Å². The van der Waals surface area contributed by atoms with Gasteiger partial charge in [0.25, 0.3) is 0 Å². The molecule has 0 amide bonds. The van der Waals surface area contributed by atoms with Crippen molar-refractivity contribution in [2.45, 2.75) is 26.7 Å². The Balaban J connectivity index is 0.000000342. The van der Waals surface area contributed by atoms with Gasteiger partial charge in [-0.3, -0.25) is 0 Å². The van der Waals surface area contributed by atoms with Crippen LogP contribution >= 0.6 is 0 Å². The van der Waals surface area contributed by atoms with Gasteiger partial charge in [-0.05, 0) is 42.7 Å². The molecule has 2 rings (SSSR count). The predicted octanol–water partition coefficient (Wildman–Crippen LogP) is 3.92. The second-order valence-electron chi connectivity index (χ2n) is 4.09. The Hall–Kier alpha value is -2.00. The van der Waals surface area contributed by atoms with Crippen LogP contribution in [0.3, 0.4) is 0 Å². The summed E-state index contributed by atoms with van der Waals surface area (Å²) < 4.78 is 4.91. The third kappa shape index (κ3) is 9.52. The fourth-order valence-electron chi connectivity index (χ4n) is 1.53. The average molecular weight is 289 g/mol. The summed E-state index contributed by atoms with van der Waals surface area (Å²) in [7, 11) is 1.63. The minimum atomic E-state index is 0.287. The molecular formula is C18H27NO2. The van der Waals surface area contributed by atoms with Gasteiger partial charge in [-0.2, -0.15) is 0 Å². The molecule has 3 nitrogen and oxygen atoms in total. The van der Waals surface area contributed by atoms with Crippen molar-refractivity contribution in [3.63, 3.8) is 0 Å². The zero-order valence-corrected chi connectivity index (χ0v) is 13.3. The van der Waals surface area contributed by atoms with Crippen molar-refractivity contribution in [2.24, 2.45) is 0 Å². The molecule has 21 heavy (non-hydrogen) atoms. The van der Waals surface area contributed by atoms with Crippen LogP contribution in [0.5, 0.6) is 5.75 Å². The van der Waals surface area contributed by atoms with E-state index in [2.05, 4.69) is 12.1 Å². The molecule has 2 aromatic carbocycles. The Morgan fingerprint density at radius 2 is 1.52 bits per heavy atom. The summed E-state index contributed by atoms with van der Waals surface area (Å²) in [5.74, 6) is 0.837. The molecule has 0 fully saturated rings. The maximum absolute atomic E-state index is 8.53. The van der Waals surface area contributed by atoms with Gasteiger partial charge in [-0.25, -0.2) is 0 Å². The van der Waals surface area contributed by atoms with E-state index < -0.39 is 0 Å². The molecule has 2 aromatic rings. The van der Waals surface area contributed by atoms with Crippen LogP contribution in [0.2, 0.25) is 0 Å². The fourth-order valence-corrected chi connectivity index (χ4v) is 1.53. The molecule has 0 bridgehead atoms. The van der Waals surface area contributed by atoms with Gasteiger partial charge in [-0.15, -0.1) is 0 Å². The minimum absolute atomic E-state index is 0.287. The lowest BCUT2D eigenvalue weighted by molar-refractivity contribution is 0.288. The van der Waals surface area contributed by atoms with Crippen molar-refractivity contribution in [2.75, 3.05) is 19.5 Å². The molecular weight excluding hydrogens is 262 g/mol. The molecule has 0 aliphatic heterocycles. The number of benzene rings is 2. The number of rotatable bonds is 4. The summed E-state index contributed by atoms with van der Waals surface area (Å²) >= 11 is 0. The quantitative estimate of drug-likeness (QED) is 0.839. The highest BCUT2D eigenvalue weighted by atomic mass is 16.5. The SMILES string of the molecule is CC.COc1ccc(N)cc1.OCCCc1ccccc1. The zero-order chi connectivity index (χ0) is 15.9. The zero-order valence-electron chi connectivity index (χ0n) is 13.3. The second kappa shape index (κ2) is 13.0. The Morgan fingerprint density at radius 1 is 0.952 bits per heavy atom. The van der Waals surface area contributed by atoms with E-state index in [0.717, 1.165) is 24.3 Å². The number of anilines is 1. The first-order chi connectivity index (χ1) is 10.3. The van der Waals surface area contributed by atoms with Gasteiger partial charge in [0.2, 0.25) is 0 Å². The number of aliphatic hydroxyl groups is 1. The van der Waals surface area contributed by atoms with Crippen molar-refractivity contribution in [3.05, 3.63) is 60.2 Å². The molecule has 0 saturated heterocycles. The standard InChI is InChI=1S/C9H12O.C7H9NO.C2H6/c10-8-4-7-9-5-2-1-3-6-9;1-9-7-4-2-6(8)3-5-7;1-2/h1-3,5-6,10H,4,7-8H2;2-5H,8H2,1H3;1-2H3. The van der Waals surface area contributed by atoms with Crippen LogP contribution in [0, 0.1) is 0 Å². The van der Waals surface area contributed by atoms with Crippen LogP contribution in [-0.2, 0) is 6.42 Å². The predicted molar refractivity (Wildman–Crippen MR) is 90.6 cm³/mol. The van der Waals surface area contributed by atoms with Crippen LogP contribution in [0.15, 0.2) is 54.6 Å². The maximum Gasteiger partial charge on any atom is 0.119 e. The number of methoxy groups -OCH3 is 1. The molecule has 3 N–H and O–H groups in total. The summed E-state index contributed by atoms with van der Waals surface area (Å²) in [5.41, 5.74) is 7.49. The highest BCUT2D eigenvalue weighted by molar-refractivity contribution is 5.41. The lowest BCUT2D eigenvalue weighted by Gasteiger charge is -1.97. The molecule has 0 aliphatic rings. The van der Waals surface area contributed by atoms with E-state index in [1.165, 1.54) is 5.56 Å². The largest absolute Gasteiger partial charge is 0.497 e. The van der Waals surface area contributed by atoms with Crippen LogP contribution in [0.25, 0.3) is 0 Å². The summed E-state index contributed by atoms with van der Waals surface area (Å²) in [5, 5.41) is 8.53. The van der Waals surface area contributed by atoms with E-state index in [9.17, 15) is 0 Å². The smallest absolute Gasteiger partial charge is 0.119 e. The molecule has 0 radical (unpaired) electrons. The van der Waals surface area contributed by atoms with Gasteiger partial charge in [0.1, 0.15) is 5.75 Å². The van der Waals surface area contributed by atoms with Crippen LogP contribution in [-0.4, -0.2) is 18.8 Å². The Morgan fingerprint density at radius 3 is 2.00 bits per heavy atom. The Labute approximate surface area is 128 Å². The van der Waals surface area contributed by atoms with E-state index in [1.807, 2.05) is 44.2 Å². The molecule has 0 aromatic heterocycles. The first-order valence-electron chi connectivity index (χ1n) is 7.30. The van der Waals surface area contributed by atoms with Gasteiger partial charge in [0.15, 0.2) is 0 Å². The molecule has 0 aliphatic carbocycles. The van der Waals surface area contributed by atoms with E-state index >= 15 is 0 Å². The number of nitrogens with two attached hydrogens (primary N) is 1. The van der Waals surface area contributed by atoms with Crippen molar-refractivity contribution in [1.29, 1.82) is 0 Å². The topological polar surface area (TPSA) is 55.5 Å². The van der Waals surface area contributed by atoms with Crippen molar-refractivity contribution < 1.29 is 9.84 Å². The number of nitrogen functional groups attached to an aromatic ring is 1. The summed E-state index contributed by atoms with van der Waals surface area (Å²) in [6.45, 7) is 4.29. The highest BCUT2D eigenvalue weighted by Crippen LogP contribution is 2.11. The minimum Gasteiger partial charge on any atom is -0.497 e.